The average Bonchev–Trinajstić information content (AvgIpc) is 2.34. The van der Waals surface area contributed by atoms with E-state index in [0.29, 0.717) is 6.42 Å². The quantitative estimate of drug-likeness (QED) is 0.590. The lowest BCUT2D eigenvalue weighted by atomic mass is 10.2. The van der Waals surface area contributed by atoms with Gasteiger partial charge in [-0.3, -0.25) is 0 Å². The summed E-state index contributed by atoms with van der Waals surface area (Å²) in [4.78, 5) is 9.95. The Kier molecular flexibility index (Phi) is 2.10. The van der Waals surface area contributed by atoms with E-state index >= 15 is 0 Å². The molecule has 0 N–H and O–H groups in total. The number of hydrogen-bond donors (Lipinski definition) is 0. The zero-order valence-corrected chi connectivity index (χ0v) is 5.37. The van der Waals surface area contributed by atoms with Crippen molar-refractivity contribution >= 4 is 5.97 Å². The van der Waals surface area contributed by atoms with Crippen LogP contribution in [0.15, 0.2) is 23.0 Å². The van der Waals surface area contributed by atoms with Crippen LogP contribution in [-0.4, -0.2) is 5.97 Å². The number of aliphatic carboxylic acids is 1. The van der Waals surface area contributed by atoms with Crippen LogP contribution in [0.5, 0.6) is 0 Å². The zero-order chi connectivity index (χ0) is 7.40. The summed E-state index contributed by atoms with van der Waals surface area (Å²) in [6.45, 7) is 0. The Labute approximate surface area is 58.3 Å². The van der Waals surface area contributed by atoms with E-state index in [1.54, 1.807) is 6.07 Å². The Hall–Kier alpha value is -1.25. The molecule has 0 unspecified atom stereocenters. The molecule has 1 heterocycles. The van der Waals surface area contributed by atoms with E-state index in [1.807, 2.05) is 0 Å². The van der Waals surface area contributed by atoms with Gasteiger partial charge < -0.3 is 14.3 Å². The third-order valence-corrected chi connectivity index (χ3v) is 1.20. The molecule has 1 aromatic heterocycles. The highest BCUT2D eigenvalue weighted by Gasteiger charge is 1.92. The van der Waals surface area contributed by atoms with Crippen LogP contribution in [0.25, 0.3) is 0 Å². The van der Waals surface area contributed by atoms with Gasteiger partial charge in [0.1, 0.15) is 0 Å². The van der Waals surface area contributed by atoms with Gasteiger partial charge in [0, 0.05) is 5.97 Å². The Morgan fingerprint density at radius 2 is 2.50 bits per heavy atom. The fraction of sp³-hybridized carbons (Fsp3) is 0.286. The van der Waals surface area contributed by atoms with Crippen molar-refractivity contribution in [3.05, 3.63) is 24.2 Å². The normalized spacial score (nSPS) is 9.60. The molecular weight excluding hydrogens is 132 g/mol. The minimum atomic E-state index is -1.03. The standard InChI is InChI=1S/C7H8O3/c8-7(9)2-1-6-3-4-10-5-6/h3-5H,1-2H2,(H,8,9)/p-1. The molecule has 1 rings (SSSR count). The lowest BCUT2D eigenvalue weighted by Crippen LogP contribution is -2.22. The highest BCUT2D eigenvalue weighted by molar-refractivity contribution is 5.64. The maximum Gasteiger partial charge on any atom is 0.0934 e. The number of rotatable bonds is 3. The van der Waals surface area contributed by atoms with Gasteiger partial charge in [-0.05, 0) is 24.5 Å². The molecule has 1 aromatic rings. The third kappa shape index (κ3) is 1.93. The smallest absolute Gasteiger partial charge is 0.0934 e. The van der Waals surface area contributed by atoms with Crippen molar-refractivity contribution < 1.29 is 14.3 Å². The van der Waals surface area contributed by atoms with E-state index in [1.165, 1.54) is 12.5 Å². The number of carboxylic acids is 1. The minimum absolute atomic E-state index is 0.0551. The number of furan rings is 1. The molecule has 0 aliphatic heterocycles. The van der Waals surface area contributed by atoms with Gasteiger partial charge in [-0.15, -0.1) is 0 Å². The van der Waals surface area contributed by atoms with E-state index in [4.69, 9.17) is 4.42 Å². The van der Waals surface area contributed by atoms with Gasteiger partial charge in [-0.25, -0.2) is 0 Å². The van der Waals surface area contributed by atoms with Gasteiger partial charge in [0.2, 0.25) is 0 Å². The van der Waals surface area contributed by atoms with Crippen LogP contribution < -0.4 is 5.11 Å². The first-order valence-corrected chi connectivity index (χ1v) is 3.00. The number of carbonyl (C=O) groups excluding carboxylic acids is 1. The van der Waals surface area contributed by atoms with Gasteiger partial charge in [-0.2, -0.15) is 0 Å². The fourth-order valence-corrected chi connectivity index (χ4v) is 0.681. The number of carboxylic acid groups (broad SMARTS) is 1. The van der Waals surface area contributed by atoms with Crippen LogP contribution in [0.2, 0.25) is 0 Å². The van der Waals surface area contributed by atoms with Crippen LogP contribution >= 0.6 is 0 Å². The minimum Gasteiger partial charge on any atom is -0.550 e. The van der Waals surface area contributed by atoms with Crippen LogP contribution in [0.3, 0.4) is 0 Å². The number of hydrogen-bond acceptors (Lipinski definition) is 3. The van der Waals surface area contributed by atoms with Crippen molar-refractivity contribution in [2.45, 2.75) is 12.8 Å². The lowest BCUT2D eigenvalue weighted by Gasteiger charge is -1.97. The van der Waals surface area contributed by atoms with Crippen LogP contribution in [0.4, 0.5) is 0 Å². The van der Waals surface area contributed by atoms with E-state index in [0.717, 1.165) is 5.56 Å². The summed E-state index contributed by atoms with van der Waals surface area (Å²) in [5, 5.41) is 9.95. The predicted molar refractivity (Wildman–Crippen MR) is 32.0 cm³/mol. The Morgan fingerprint density at radius 3 is 3.00 bits per heavy atom. The summed E-state index contributed by atoms with van der Waals surface area (Å²) in [6.07, 6.45) is 3.59. The Morgan fingerprint density at radius 1 is 1.70 bits per heavy atom. The monoisotopic (exact) mass is 139 g/mol. The van der Waals surface area contributed by atoms with Gasteiger partial charge in [-0.1, -0.05) is 0 Å². The molecule has 0 radical (unpaired) electrons. The molecule has 0 bridgehead atoms. The zero-order valence-electron chi connectivity index (χ0n) is 5.37. The molecular formula is C7H7O3-. The molecule has 0 aromatic carbocycles. The van der Waals surface area contributed by atoms with Crippen LogP contribution in [-0.2, 0) is 11.2 Å². The summed E-state index contributed by atoms with van der Waals surface area (Å²) in [5.74, 6) is -1.03. The summed E-state index contributed by atoms with van der Waals surface area (Å²) >= 11 is 0. The third-order valence-electron chi connectivity index (χ3n) is 1.20. The first-order valence-electron chi connectivity index (χ1n) is 3.00. The number of aryl methyl sites for hydroxylation is 1. The maximum absolute atomic E-state index is 9.95. The van der Waals surface area contributed by atoms with Crippen molar-refractivity contribution in [2.75, 3.05) is 0 Å². The molecule has 0 spiro atoms. The van der Waals surface area contributed by atoms with Crippen molar-refractivity contribution in [1.29, 1.82) is 0 Å². The van der Waals surface area contributed by atoms with Crippen LogP contribution in [0, 0.1) is 0 Å². The summed E-state index contributed by atoms with van der Waals surface area (Å²) in [6, 6.07) is 1.74. The second-order valence-corrected chi connectivity index (χ2v) is 2.00. The van der Waals surface area contributed by atoms with Crippen molar-refractivity contribution in [1.82, 2.24) is 0 Å². The Balaban J connectivity index is 2.35. The maximum atomic E-state index is 9.95. The first-order chi connectivity index (χ1) is 4.79. The molecule has 0 fully saturated rings. The van der Waals surface area contributed by atoms with Gasteiger partial charge in [0.15, 0.2) is 0 Å². The molecule has 0 atom stereocenters. The SMILES string of the molecule is O=C([O-])CCc1ccoc1. The highest BCUT2D eigenvalue weighted by atomic mass is 16.4. The van der Waals surface area contributed by atoms with Crippen molar-refractivity contribution in [2.24, 2.45) is 0 Å². The molecule has 54 valence electrons. The van der Waals surface area contributed by atoms with Gasteiger partial charge >= 0.3 is 0 Å². The summed E-state index contributed by atoms with van der Waals surface area (Å²) in [5.41, 5.74) is 0.893. The van der Waals surface area contributed by atoms with E-state index in [2.05, 4.69) is 0 Å². The molecule has 0 saturated heterocycles. The van der Waals surface area contributed by atoms with E-state index < -0.39 is 5.97 Å². The molecule has 0 saturated carbocycles. The van der Waals surface area contributed by atoms with E-state index in [9.17, 15) is 9.90 Å². The predicted octanol–water partition coefficient (Wildman–Crippen LogP) is -0.0379. The molecule has 10 heavy (non-hydrogen) atoms. The second kappa shape index (κ2) is 3.06. The van der Waals surface area contributed by atoms with Crippen molar-refractivity contribution in [3.8, 4) is 0 Å². The molecule has 0 aliphatic carbocycles. The van der Waals surface area contributed by atoms with Gasteiger partial charge in [0.05, 0.1) is 12.5 Å². The van der Waals surface area contributed by atoms with Gasteiger partial charge in [0.25, 0.3) is 0 Å². The lowest BCUT2D eigenvalue weighted by molar-refractivity contribution is -0.305. The van der Waals surface area contributed by atoms with Crippen molar-refractivity contribution in [3.63, 3.8) is 0 Å². The fourth-order valence-electron chi connectivity index (χ4n) is 0.681. The topological polar surface area (TPSA) is 53.3 Å². The second-order valence-electron chi connectivity index (χ2n) is 2.00. The average molecular weight is 139 g/mol. The Bertz CT molecular complexity index is 201. The van der Waals surface area contributed by atoms with E-state index in [-0.39, 0.29) is 6.42 Å². The highest BCUT2D eigenvalue weighted by Crippen LogP contribution is 2.02. The molecule has 0 aliphatic rings. The number of carbonyl (C=O) groups is 1. The molecule has 0 amide bonds. The summed E-state index contributed by atoms with van der Waals surface area (Å²) in [7, 11) is 0. The largest absolute Gasteiger partial charge is 0.550 e. The van der Waals surface area contributed by atoms with Crippen LogP contribution in [0.1, 0.15) is 12.0 Å². The molecule has 3 heteroatoms. The summed E-state index contributed by atoms with van der Waals surface area (Å²) < 4.78 is 4.73. The first kappa shape index (κ1) is 6.86. The molecule has 3 nitrogen and oxygen atoms in total.